The lowest BCUT2D eigenvalue weighted by atomic mass is 9.64. The lowest BCUT2D eigenvalue weighted by Crippen LogP contribution is -2.54. The molecule has 2 atom stereocenters. The number of anilines is 1. The molecule has 0 bridgehead atoms. The molecule has 2 saturated heterocycles. The summed E-state index contributed by atoms with van der Waals surface area (Å²) >= 11 is 0. The van der Waals surface area contributed by atoms with Gasteiger partial charge in [0.25, 0.3) is 0 Å². The number of terminal acetylenes is 1. The Kier molecular flexibility index (Phi) is 8.55. The van der Waals surface area contributed by atoms with Crippen molar-refractivity contribution in [2.45, 2.75) is 71.3 Å². The molecular weight excluding hydrogens is 636 g/mol. The molecule has 0 radical (unpaired) electrons. The zero-order valence-electron chi connectivity index (χ0n) is 29.0. The van der Waals surface area contributed by atoms with Gasteiger partial charge in [-0.3, -0.25) is 9.88 Å². The second-order valence-electron chi connectivity index (χ2n) is 15.7. The standard InChI is InChI=1S/C40H45F2N5O3/c1-4-28-31(41)10-9-26-18-27(48)19-29(33(26)28)35-34(42)36-30(22-43-35)37(46-14-7-16-49-17-15-46)45-38(44-36)50-24-40-11-5-8-32(40)47(13-6-12-40)23-25-20-39(2,3)21-25/h1,9-10,18-19,22,25,32,48H,5-8,11-17,20-21,23-24H2,2-3H3/t32-,40-/m1/s1. The third kappa shape index (κ3) is 5.92. The highest BCUT2D eigenvalue weighted by Crippen LogP contribution is 2.51. The third-order valence-corrected chi connectivity index (χ3v) is 11.7. The first-order chi connectivity index (χ1) is 24.1. The predicted molar refractivity (Wildman–Crippen MR) is 190 cm³/mol. The molecule has 8 rings (SSSR count). The highest BCUT2D eigenvalue weighted by molar-refractivity contribution is 6.03. The molecule has 10 heteroatoms. The van der Waals surface area contributed by atoms with Gasteiger partial charge >= 0.3 is 6.01 Å². The van der Waals surface area contributed by atoms with Gasteiger partial charge < -0.3 is 19.5 Å². The number of piperidine rings is 1. The summed E-state index contributed by atoms with van der Waals surface area (Å²) in [5, 5.41) is 11.8. The number of nitrogens with zero attached hydrogens (tertiary/aromatic N) is 5. The molecule has 4 heterocycles. The highest BCUT2D eigenvalue weighted by atomic mass is 19.1. The number of benzene rings is 2. The van der Waals surface area contributed by atoms with E-state index in [2.05, 4.69) is 34.6 Å². The molecule has 4 fully saturated rings. The molecule has 2 aliphatic heterocycles. The Hall–Kier alpha value is -4.07. The number of hydrogen-bond acceptors (Lipinski definition) is 8. The molecule has 50 heavy (non-hydrogen) atoms. The fraction of sp³-hybridized carbons (Fsp3) is 0.525. The molecule has 2 aromatic carbocycles. The summed E-state index contributed by atoms with van der Waals surface area (Å²) in [6, 6.07) is 6.18. The van der Waals surface area contributed by atoms with Gasteiger partial charge in [0.2, 0.25) is 0 Å². The minimum atomic E-state index is -0.717. The van der Waals surface area contributed by atoms with Crippen LogP contribution in [0.2, 0.25) is 0 Å². The SMILES string of the molecule is C#Cc1c(F)ccc2cc(O)cc(-c3ncc4c(N5CCCOCC5)nc(OC[C@]56CCC[C@H]5N(CC5CC(C)(C)C5)CCC6)nc4c3F)c12. The van der Waals surface area contributed by atoms with Crippen LogP contribution in [0.25, 0.3) is 32.9 Å². The van der Waals surface area contributed by atoms with Gasteiger partial charge in [-0.1, -0.05) is 32.3 Å². The molecule has 8 nitrogen and oxygen atoms in total. The van der Waals surface area contributed by atoms with Gasteiger partial charge in [0.05, 0.1) is 24.2 Å². The minimum absolute atomic E-state index is 0.00453. The number of phenols is 1. The molecule has 0 unspecified atom stereocenters. The topological polar surface area (TPSA) is 83.8 Å². The Bertz CT molecular complexity index is 1980. The zero-order chi connectivity index (χ0) is 34.6. The average Bonchev–Trinajstić information content (AvgIpc) is 3.34. The molecule has 2 aromatic heterocycles. The van der Waals surface area contributed by atoms with Crippen LogP contribution >= 0.6 is 0 Å². The van der Waals surface area contributed by atoms with E-state index in [1.54, 1.807) is 6.20 Å². The molecule has 4 aliphatic rings. The maximum Gasteiger partial charge on any atom is 0.319 e. The number of ether oxygens (including phenoxy) is 2. The Morgan fingerprint density at radius 2 is 1.90 bits per heavy atom. The van der Waals surface area contributed by atoms with Crippen molar-refractivity contribution in [2.75, 3.05) is 50.9 Å². The van der Waals surface area contributed by atoms with E-state index in [0.29, 0.717) is 66.3 Å². The Labute approximate surface area is 292 Å². The van der Waals surface area contributed by atoms with Crippen LogP contribution in [0.4, 0.5) is 14.6 Å². The van der Waals surface area contributed by atoms with E-state index in [1.165, 1.54) is 49.9 Å². The van der Waals surface area contributed by atoms with Crippen molar-refractivity contribution in [3.05, 3.63) is 47.7 Å². The Morgan fingerprint density at radius 3 is 2.72 bits per heavy atom. The molecule has 0 spiro atoms. The van der Waals surface area contributed by atoms with E-state index in [4.69, 9.17) is 25.9 Å². The third-order valence-electron chi connectivity index (χ3n) is 11.7. The molecule has 2 aliphatic carbocycles. The van der Waals surface area contributed by atoms with Gasteiger partial charge in [-0.15, -0.1) is 6.42 Å². The van der Waals surface area contributed by atoms with Crippen LogP contribution in [0.5, 0.6) is 11.8 Å². The van der Waals surface area contributed by atoms with Crippen molar-refractivity contribution < 1.29 is 23.4 Å². The maximum atomic E-state index is 16.9. The van der Waals surface area contributed by atoms with Gasteiger partial charge in [-0.25, -0.2) is 8.78 Å². The number of aromatic hydroxyl groups is 1. The molecule has 1 N–H and O–H groups in total. The van der Waals surface area contributed by atoms with E-state index in [1.807, 2.05) is 0 Å². The largest absolute Gasteiger partial charge is 0.508 e. The first-order valence-corrected chi connectivity index (χ1v) is 18.1. The summed E-state index contributed by atoms with van der Waals surface area (Å²) < 4.78 is 44.2. The number of halogens is 2. The van der Waals surface area contributed by atoms with Crippen LogP contribution in [0.15, 0.2) is 30.5 Å². The second kappa shape index (κ2) is 12.9. The fourth-order valence-electron chi connectivity index (χ4n) is 9.63. The highest BCUT2D eigenvalue weighted by Gasteiger charge is 2.50. The predicted octanol–water partition coefficient (Wildman–Crippen LogP) is 7.49. The van der Waals surface area contributed by atoms with E-state index >= 15 is 4.39 Å². The monoisotopic (exact) mass is 681 g/mol. The molecule has 262 valence electrons. The summed E-state index contributed by atoms with van der Waals surface area (Å²) in [4.78, 5) is 19.0. The quantitative estimate of drug-likeness (QED) is 0.201. The van der Waals surface area contributed by atoms with Gasteiger partial charge in [0.1, 0.15) is 28.6 Å². The first kappa shape index (κ1) is 33.1. The van der Waals surface area contributed by atoms with Crippen LogP contribution in [0.3, 0.4) is 0 Å². The van der Waals surface area contributed by atoms with Crippen molar-refractivity contribution in [1.82, 2.24) is 19.9 Å². The van der Waals surface area contributed by atoms with Gasteiger partial charge in [0, 0.05) is 54.8 Å². The summed E-state index contributed by atoms with van der Waals surface area (Å²) in [5.74, 6) is 2.26. The van der Waals surface area contributed by atoms with E-state index in [0.717, 1.165) is 44.7 Å². The summed E-state index contributed by atoms with van der Waals surface area (Å²) in [5.41, 5.74) is 0.580. The zero-order valence-corrected chi connectivity index (χ0v) is 29.0. The second-order valence-corrected chi connectivity index (χ2v) is 15.7. The number of phenolic OH excluding ortho intramolecular Hbond substituents is 1. The van der Waals surface area contributed by atoms with Gasteiger partial charge in [-0.05, 0) is 86.4 Å². The summed E-state index contributed by atoms with van der Waals surface area (Å²) in [6.07, 6.45) is 16.3. The lowest BCUT2D eigenvalue weighted by Gasteiger charge is -2.50. The van der Waals surface area contributed by atoms with Crippen LogP contribution in [-0.4, -0.2) is 77.0 Å². The first-order valence-electron chi connectivity index (χ1n) is 18.1. The lowest BCUT2D eigenvalue weighted by molar-refractivity contribution is -0.0292. The minimum Gasteiger partial charge on any atom is -0.508 e. The van der Waals surface area contributed by atoms with Crippen molar-refractivity contribution in [1.29, 1.82) is 0 Å². The van der Waals surface area contributed by atoms with Gasteiger partial charge in [-0.2, -0.15) is 9.97 Å². The molecule has 0 amide bonds. The Balaban J connectivity index is 1.18. The smallest absolute Gasteiger partial charge is 0.319 e. The van der Waals surface area contributed by atoms with Crippen LogP contribution in [0.1, 0.15) is 70.8 Å². The van der Waals surface area contributed by atoms with Crippen LogP contribution < -0.4 is 9.64 Å². The van der Waals surface area contributed by atoms with Crippen molar-refractivity contribution in [2.24, 2.45) is 16.7 Å². The van der Waals surface area contributed by atoms with Crippen molar-refractivity contribution in [3.8, 4) is 35.4 Å². The normalized spacial score (nSPS) is 24.1. The maximum absolute atomic E-state index is 16.9. The number of fused-ring (bicyclic) bond motifs is 3. The van der Waals surface area contributed by atoms with Crippen molar-refractivity contribution >= 4 is 27.5 Å². The van der Waals surface area contributed by atoms with Gasteiger partial charge in [0.15, 0.2) is 5.82 Å². The molecular formula is C40H45F2N5O3. The summed E-state index contributed by atoms with van der Waals surface area (Å²) in [6.45, 7) is 9.90. The number of pyridine rings is 1. The van der Waals surface area contributed by atoms with Crippen molar-refractivity contribution in [3.63, 3.8) is 0 Å². The molecule has 2 saturated carbocycles. The van der Waals surface area contributed by atoms with E-state index < -0.39 is 11.6 Å². The van der Waals surface area contributed by atoms with E-state index in [9.17, 15) is 9.50 Å². The van der Waals surface area contributed by atoms with Crippen LogP contribution in [-0.2, 0) is 4.74 Å². The summed E-state index contributed by atoms with van der Waals surface area (Å²) in [7, 11) is 0. The van der Waals surface area contributed by atoms with Crippen LogP contribution in [0, 0.1) is 40.7 Å². The number of rotatable bonds is 7. The number of aromatic nitrogens is 3. The number of likely N-dealkylation sites (tertiary alicyclic amines) is 1. The van der Waals surface area contributed by atoms with E-state index in [-0.39, 0.29) is 39.5 Å². The number of hydrogen-bond donors (Lipinski definition) is 1. The Morgan fingerprint density at radius 1 is 1.06 bits per heavy atom. The molecule has 4 aromatic rings. The average molecular weight is 682 g/mol. The fourth-order valence-corrected chi connectivity index (χ4v) is 9.63.